The standard InChI is InChI=1S/C22H29ClN3O9P/c1-13(2)33-19(29)14(3)25-36(31,35-15-8-6-5-7-9-15)32-12-16-18(28)22(4,23)20(34-16)26-11-10-17(27)24-21(26)30/h5-11,13-14,16,18,20,28H,12H2,1-4H3,(H,25,31)(H,24,27,30)/t14?,16?,18-,20?,22?,36?/m1/s1. The molecule has 0 amide bonds. The lowest BCUT2D eigenvalue weighted by atomic mass is 10.0. The molecule has 2 heterocycles. The number of para-hydroxylation sites is 1. The summed E-state index contributed by atoms with van der Waals surface area (Å²) in [5.41, 5.74) is -1.40. The van der Waals surface area contributed by atoms with Gasteiger partial charge in [-0.1, -0.05) is 18.2 Å². The van der Waals surface area contributed by atoms with Gasteiger partial charge >= 0.3 is 19.4 Å². The molecule has 1 aromatic carbocycles. The summed E-state index contributed by atoms with van der Waals surface area (Å²) in [5.74, 6) is -0.473. The van der Waals surface area contributed by atoms with E-state index in [0.717, 1.165) is 10.6 Å². The molecule has 12 nitrogen and oxygen atoms in total. The van der Waals surface area contributed by atoms with E-state index in [1.807, 2.05) is 0 Å². The SMILES string of the molecule is CC(C)OC(=O)C(C)NP(=O)(OCC1OC(n2ccc(=O)[nH]c2=O)C(C)(Cl)[C@@H]1O)Oc1ccccc1. The van der Waals surface area contributed by atoms with Crippen LogP contribution in [0.1, 0.15) is 33.9 Å². The molecule has 1 saturated heterocycles. The number of carbonyl (C=O) groups is 1. The van der Waals surface area contributed by atoms with Gasteiger partial charge in [0, 0.05) is 12.3 Å². The minimum absolute atomic E-state index is 0.200. The van der Waals surface area contributed by atoms with E-state index in [0.29, 0.717) is 0 Å². The third-order valence-corrected chi connectivity index (χ3v) is 7.31. The van der Waals surface area contributed by atoms with Gasteiger partial charge in [0.15, 0.2) is 6.23 Å². The van der Waals surface area contributed by atoms with Crippen LogP contribution >= 0.6 is 19.3 Å². The average Bonchev–Trinajstić information content (AvgIpc) is 3.01. The molecule has 3 N–H and O–H groups in total. The summed E-state index contributed by atoms with van der Waals surface area (Å²) < 4.78 is 36.7. The van der Waals surface area contributed by atoms with Crippen LogP contribution in [-0.2, 0) is 23.4 Å². The quantitative estimate of drug-likeness (QED) is 0.229. The number of aromatic amines is 1. The number of aromatic nitrogens is 2. The van der Waals surface area contributed by atoms with Crippen molar-refractivity contribution in [2.24, 2.45) is 0 Å². The fourth-order valence-corrected chi connectivity index (χ4v) is 5.27. The fraction of sp³-hybridized carbons (Fsp3) is 0.500. The molecule has 5 unspecified atom stereocenters. The summed E-state index contributed by atoms with van der Waals surface area (Å²) >= 11 is 6.52. The zero-order chi connectivity index (χ0) is 26.7. The van der Waals surface area contributed by atoms with Gasteiger partial charge in [-0.2, -0.15) is 5.09 Å². The highest BCUT2D eigenvalue weighted by molar-refractivity contribution is 7.52. The van der Waals surface area contributed by atoms with Crippen molar-refractivity contribution < 1.29 is 33.0 Å². The highest BCUT2D eigenvalue weighted by atomic mass is 35.5. The number of nitrogens with one attached hydrogen (secondary N) is 2. The van der Waals surface area contributed by atoms with Gasteiger partial charge in [0.2, 0.25) is 0 Å². The topological polar surface area (TPSA) is 158 Å². The molecule has 0 spiro atoms. The highest BCUT2D eigenvalue weighted by Crippen LogP contribution is 2.48. The van der Waals surface area contributed by atoms with Crippen LogP contribution in [0.25, 0.3) is 0 Å². The second-order valence-corrected chi connectivity index (χ2v) is 11.2. The number of alkyl halides is 1. The van der Waals surface area contributed by atoms with Gasteiger partial charge in [-0.25, -0.2) is 9.36 Å². The molecular formula is C22H29ClN3O9P. The van der Waals surface area contributed by atoms with E-state index in [9.17, 15) is 24.1 Å². The Morgan fingerprint density at radius 3 is 2.56 bits per heavy atom. The van der Waals surface area contributed by atoms with E-state index in [1.165, 1.54) is 20.0 Å². The van der Waals surface area contributed by atoms with Gasteiger partial charge in [-0.3, -0.25) is 23.7 Å². The van der Waals surface area contributed by atoms with Gasteiger partial charge < -0.3 is 19.1 Å². The monoisotopic (exact) mass is 545 g/mol. The first-order valence-electron chi connectivity index (χ1n) is 11.1. The summed E-state index contributed by atoms with van der Waals surface area (Å²) in [6.07, 6.45) is -2.92. The van der Waals surface area contributed by atoms with Crippen LogP contribution in [-0.4, -0.2) is 56.5 Å². The Balaban J connectivity index is 1.80. The molecule has 1 aromatic heterocycles. The van der Waals surface area contributed by atoms with Crippen LogP contribution in [0.4, 0.5) is 0 Å². The zero-order valence-electron chi connectivity index (χ0n) is 20.1. The van der Waals surface area contributed by atoms with E-state index < -0.39 is 67.0 Å². The second-order valence-electron chi connectivity index (χ2n) is 8.67. The molecule has 14 heteroatoms. The molecule has 0 saturated carbocycles. The number of hydrogen-bond acceptors (Lipinski definition) is 9. The van der Waals surface area contributed by atoms with Crippen LogP contribution in [0.2, 0.25) is 0 Å². The van der Waals surface area contributed by atoms with Crippen molar-refractivity contribution >= 4 is 25.3 Å². The van der Waals surface area contributed by atoms with E-state index >= 15 is 0 Å². The largest absolute Gasteiger partial charge is 0.462 e. The number of rotatable bonds is 10. The molecule has 0 radical (unpaired) electrons. The Bertz CT molecular complexity index is 1220. The van der Waals surface area contributed by atoms with Crippen LogP contribution in [0.3, 0.4) is 0 Å². The number of aliphatic hydroxyl groups is 1. The van der Waals surface area contributed by atoms with Crippen LogP contribution < -0.4 is 20.9 Å². The molecule has 2 aromatic rings. The second kappa shape index (κ2) is 11.3. The molecule has 0 bridgehead atoms. The number of benzene rings is 1. The Hall–Kier alpha value is -2.47. The summed E-state index contributed by atoms with van der Waals surface area (Å²) in [5, 5.41) is 13.3. The highest BCUT2D eigenvalue weighted by Gasteiger charge is 2.54. The van der Waals surface area contributed by atoms with Crippen molar-refractivity contribution in [1.29, 1.82) is 0 Å². The zero-order valence-corrected chi connectivity index (χ0v) is 21.8. The lowest BCUT2D eigenvalue weighted by Gasteiger charge is -2.26. The number of hydrogen-bond donors (Lipinski definition) is 3. The molecule has 1 aliphatic rings. The third kappa shape index (κ3) is 6.64. The summed E-state index contributed by atoms with van der Waals surface area (Å²) in [7, 11) is -4.22. The maximum Gasteiger partial charge on any atom is 0.459 e. The lowest BCUT2D eigenvalue weighted by Crippen LogP contribution is -2.43. The van der Waals surface area contributed by atoms with Gasteiger partial charge in [0.1, 0.15) is 28.9 Å². The van der Waals surface area contributed by atoms with E-state index in [2.05, 4.69) is 10.1 Å². The van der Waals surface area contributed by atoms with Crippen molar-refractivity contribution in [3.05, 3.63) is 63.4 Å². The van der Waals surface area contributed by atoms with Gasteiger partial charge in [0.05, 0.1) is 12.7 Å². The number of aliphatic hydroxyl groups excluding tert-OH is 1. The van der Waals surface area contributed by atoms with Crippen LogP contribution in [0.15, 0.2) is 52.2 Å². The Morgan fingerprint density at radius 1 is 1.28 bits per heavy atom. The molecule has 1 aliphatic heterocycles. The smallest absolute Gasteiger partial charge is 0.459 e. The summed E-state index contributed by atoms with van der Waals surface area (Å²) in [6, 6.07) is 8.18. The van der Waals surface area contributed by atoms with Crippen molar-refractivity contribution in [1.82, 2.24) is 14.6 Å². The number of esters is 1. The van der Waals surface area contributed by atoms with Gasteiger partial charge in [0.25, 0.3) is 5.56 Å². The molecular weight excluding hydrogens is 517 g/mol. The summed E-state index contributed by atoms with van der Waals surface area (Å²) in [6.45, 7) is 5.75. The first-order chi connectivity index (χ1) is 16.8. The first kappa shape index (κ1) is 28.1. The van der Waals surface area contributed by atoms with Crippen molar-refractivity contribution in [2.45, 2.75) is 63.2 Å². The number of halogens is 1. The predicted molar refractivity (Wildman–Crippen MR) is 130 cm³/mol. The van der Waals surface area contributed by atoms with Crippen molar-refractivity contribution in [2.75, 3.05) is 6.61 Å². The van der Waals surface area contributed by atoms with E-state index in [4.69, 9.17) is 30.1 Å². The number of ether oxygens (including phenoxy) is 2. The number of carbonyl (C=O) groups excluding carboxylic acids is 1. The van der Waals surface area contributed by atoms with E-state index in [-0.39, 0.29) is 5.75 Å². The van der Waals surface area contributed by atoms with Crippen LogP contribution in [0.5, 0.6) is 5.75 Å². The van der Waals surface area contributed by atoms with Gasteiger partial charge in [-0.05, 0) is 39.8 Å². The molecule has 3 rings (SSSR count). The Kier molecular flexibility index (Phi) is 8.81. The normalized spacial score (nSPS) is 26.4. The molecule has 198 valence electrons. The molecule has 6 atom stereocenters. The van der Waals surface area contributed by atoms with Crippen molar-refractivity contribution in [3.8, 4) is 5.75 Å². The summed E-state index contributed by atoms with van der Waals surface area (Å²) in [4.78, 5) is 36.5. The van der Waals surface area contributed by atoms with E-state index in [1.54, 1.807) is 44.2 Å². The fourth-order valence-electron chi connectivity index (χ4n) is 3.47. The molecule has 0 aliphatic carbocycles. The Labute approximate surface area is 212 Å². The Morgan fingerprint density at radius 2 is 1.94 bits per heavy atom. The van der Waals surface area contributed by atoms with Gasteiger partial charge in [-0.15, -0.1) is 11.6 Å². The maximum atomic E-state index is 13.6. The lowest BCUT2D eigenvalue weighted by molar-refractivity contribution is -0.149. The van der Waals surface area contributed by atoms with Crippen LogP contribution in [0, 0.1) is 0 Å². The van der Waals surface area contributed by atoms with Crippen molar-refractivity contribution in [3.63, 3.8) is 0 Å². The minimum Gasteiger partial charge on any atom is -0.462 e. The minimum atomic E-state index is -4.22. The number of H-pyrrole nitrogens is 1. The first-order valence-corrected chi connectivity index (χ1v) is 13.1. The molecule has 36 heavy (non-hydrogen) atoms. The third-order valence-electron chi connectivity index (χ3n) is 5.26. The number of nitrogens with zero attached hydrogens (tertiary/aromatic N) is 1. The predicted octanol–water partition coefficient (Wildman–Crippen LogP) is 1.93. The average molecular weight is 546 g/mol. The molecule has 1 fully saturated rings. The maximum absolute atomic E-state index is 13.6.